The summed E-state index contributed by atoms with van der Waals surface area (Å²) in [5.41, 5.74) is 0.860. The fraction of sp³-hybridized carbons (Fsp3) is 0.0714. The minimum Gasteiger partial charge on any atom is -0.391 e. The smallest absolute Gasteiger partial charge is 0.145 e. The number of hydrogen-bond donors (Lipinski definition) is 0. The minimum atomic E-state index is -0.683. The van der Waals surface area contributed by atoms with E-state index in [2.05, 4.69) is 5.16 Å². The highest BCUT2D eigenvalue weighted by molar-refractivity contribution is 5.78. The Labute approximate surface area is 108 Å². The first kappa shape index (κ1) is 13.1. The molecule has 0 heterocycles. The van der Waals surface area contributed by atoms with E-state index >= 15 is 0 Å². The van der Waals surface area contributed by atoms with E-state index < -0.39 is 11.6 Å². The van der Waals surface area contributed by atoms with Crippen molar-refractivity contribution in [3.8, 4) is 0 Å². The molecule has 2 rings (SSSR count). The minimum absolute atomic E-state index is 0.107. The van der Waals surface area contributed by atoms with Crippen molar-refractivity contribution in [3.63, 3.8) is 0 Å². The van der Waals surface area contributed by atoms with Gasteiger partial charge in [-0.3, -0.25) is 0 Å². The number of nitrogens with zero attached hydrogens (tertiary/aromatic N) is 1. The van der Waals surface area contributed by atoms with Crippen LogP contribution in [0.25, 0.3) is 0 Å². The first-order valence-electron chi connectivity index (χ1n) is 5.50. The van der Waals surface area contributed by atoms with Crippen LogP contribution in [0.4, 0.5) is 13.2 Å². The zero-order valence-corrected chi connectivity index (χ0v) is 9.82. The molecule has 0 saturated carbocycles. The van der Waals surface area contributed by atoms with Gasteiger partial charge in [-0.2, -0.15) is 0 Å². The number of halogens is 3. The third kappa shape index (κ3) is 3.84. The first-order valence-corrected chi connectivity index (χ1v) is 5.50. The molecule has 5 heteroatoms. The monoisotopic (exact) mass is 265 g/mol. The molecule has 0 atom stereocenters. The number of benzene rings is 2. The van der Waals surface area contributed by atoms with Crippen LogP contribution in [0, 0.1) is 17.5 Å². The fourth-order valence-corrected chi connectivity index (χ4v) is 1.39. The van der Waals surface area contributed by atoms with Gasteiger partial charge in [0.25, 0.3) is 0 Å². The number of hydrogen-bond acceptors (Lipinski definition) is 2. The standard InChI is InChI=1S/C14H10F3NO/c15-12-4-1-10(2-5-12)8-18-19-9-11-3-6-13(16)7-14(11)17/h1-8H,9H2. The van der Waals surface area contributed by atoms with Gasteiger partial charge in [-0.15, -0.1) is 0 Å². The van der Waals surface area contributed by atoms with Gasteiger partial charge in [-0.05, 0) is 29.8 Å². The summed E-state index contributed by atoms with van der Waals surface area (Å²) in [6, 6.07) is 8.86. The van der Waals surface area contributed by atoms with Gasteiger partial charge < -0.3 is 4.84 Å². The van der Waals surface area contributed by atoms with E-state index in [9.17, 15) is 13.2 Å². The molecule has 2 aromatic carbocycles. The molecule has 0 aliphatic heterocycles. The second-order valence-electron chi connectivity index (χ2n) is 3.80. The Hall–Kier alpha value is -2.30. The van der Waals surface area contributed by atoms with Crippen molar-refractivity contribution < 1.29 is 18.0 Å². The number of oxime groups is 1. The van der Waals surface area contributed by atoms with Crippen molar-refractivity contribution in [2.75, 3.05) is 0 Å². The third-order valence-corrected chi connectivity index (χ3v) is 2.38. The van der Waals surface area contributed by atoms with E-state index in [1.54, 1.807) is 0 Å². The molecule has 0 fully saturated rings. The highest BCUT2D eigenvalue weighted by Gasteiger charge is 2.03. The maximum atomic E-state index is 13.2. The Balaban J connectivity index is 1.91. The van der Waals surface area contributed by atoms with E-state index in [-0.39, 0.29) is 18.0 Å². The Kier molecular flexibility index (Phi) is 4.18. The Bertz CT molecular complexity index is 582. The molecule has 0 unspecified atom stereocenters. The highest BCUT2D eigenvalue weighted by Crippen LogP contribution is 2.10. The molecular weight excluding hydrogens is 255 g/mol. The molecule has 0 aromatic heterocycles. The Morgan fingerprint density at radius 2 is 1.63 bits per heavy atom. The Morgan fingerprint density at radius 3 is 2.32 bits per heavy atom. The third-order valence-electron chi connectivity index (χ3n) is 2.38. The first-order chi connectivity index (χ1) is 9.15. The Morgan fingerprint density at radius 1 is 0.947 bits per heavy atom. The van der Waals surface area contributed by atoms with E-state index in [0.29, 0.717) is 5.56 Å². The van der Waals surface area contributed by atoms with Crippen molar-refractivity contribution >= 4 is 6.21 Å². The van der Waals surface area contributed by atoms with Crippen molar-refractivity contribution in [1.82, 2.24) is 0 Å². The number of rotatable bonds is 4. The summed E-state index contributed by atoms with van der Waals surface area (Å²) < 4.78 is 38.5. The molecule has 0 radical (unpaired) electrons. The summed E-state index contributed by atoms with van der Waals surface area (Å²) in [6.45, 7) is -0.107. The molecule has 0 saturated heterocycles. The fourth-order valence-electron chi connectivity index (χ4n) is 1.39. The zero-order valence-electron chi connectivity index (χ0n) is 9.82. The van der Waals surface area contributed by atoms with Gasteiger partial charge in [0, 0.05) is 11.6 Å². The van der Waals surface area contributed by atoms with Gasteiger partial charge >= 0.3 is 0 Å². The molecule has 0 amide bonds. The predicted octanol–water partition coefficient (Wildman–Crippen LogP) is 3.65. The summed E-state index contributed by atoms with van der Waals surface area (Å²) in [5, 5.41) is 3.62. The van der Waals surface area contributed by atoms with Gasteiger partial charge in [0.05, 0.1) is 6.21 Å². The average Bonchev–Trinajstić information content (AvgIpc) is 2.39. The highest BCUT2D eigenvalue weighted by atomic mass is 19.1. The van der Waals surface area contributed by atoms with Crippen LogP contribution in [-0.2, 0) is 11.4 Å². The van der Waals surface area contributed by atoms with E-state index in [1.165, 1.54) is 36.5 Å². The summed E-state index contributed by atoms with van der Waals surface area (Å²) >= 11 is 0. The molecule has 0 N–H and O–H groups in total. The molecule has 0 spiro atoms. The summed E-state index contributed by atoms with van der Waals surface area (Å²) in [7, 11) is 0. The maximum absolute atomic E-state index is 13.2. The topological polar surface area (TPSA) is 21.6 Å². The van der Waals surface area contributed by atoms with Crippen LogP contribution in [0.3, 0.4) is 0 Å². The zero-order chi connectivity index (χ0) is 13.7. The molecule has 19 heavy (non-hydrogen) atoms. The normalized spacial score (nSPS) is 10.9. The summed E-state index contributed by atoms with van der Waals surface area (Å²) in [6.07, 6.45) is 1.38. The molecule has 98 valence electrons. The summed E-state index contributed by atoms with van der Waals surface area (Å²) in [5.74, 6) is -1.67. The van der Waals surface area contributed by atoms with Gasteiger partial charge in [0.1, 0.15) is 24.1 Å². The predicted molar refractivity (Wildman–Crippen MR) is 65.1 cm³/mol. The largest absolute Gasteiger partial charge is 0.391 e. The quantitative estimate of drug-likeness (QED) is 0.610. The van der Waals surface area contributed by atoms with Crippen molar-refractivity contribution in [2.24, 2.45) is 5.16 Å². The average molecular weight is 265 g/mol. The van der Waals surface area contributed by atoms with Crippen molar-refractivity contribution in [1.29, 1.82) is 0 Å². The van der Waals surface area contributed by atoms with Crippen LogP contribution >= 0.6 is 0 Å². The lowest BCUT2D eigenvalue weighted by atomic mass is 10.2. The van der Waals surface area contributed by atoms with E-state index in [0.717, 1.165) is 12.1 Å². The second kappa shape index (κ2) is 6.04. The van der Waals surface area contributed by atoms with Crippen LogP contribution < -0.4 is 0 Å². The van der Waals surface area contributed by atoms with E-state index in [1.807, 2.05) is 0 Å². The molecular formula is C14H10F3NO. The lowest BCUT2D eigenvalue weighted by molar-refractivity contribution is 0.129. The van der Waals surface area contributed by atoms with Gasteiger partial charge in [0.2, 0.25) is 0 Å². The second-order valence-corrected chi connectivity index (χ2v) is 3.80. The summed E-state index contributed by atoms with van der Waals surface area (Å²) in [4.78, 5) is 4.89. The van der Waals surface area contributed by atoms with Gasteiger partial charge in [0.15, 0.2) is 0 Å². The van der Waals surface area contributed by atoms with Crippen molar-refractivity contribution in [3.05, 3.63) is 71.0 Å². The SMILES string of the molecule is Fc1ccc(C=NOCc2ccc(F)cc2F)cc1. The molecule has 2 aromatic rings. The maximum Gasteiger partial charge on any atom is 0.145 e. The molecule has 0 aliphatic rings. The lowest BCUT2D eigenvalue weighted by Gasteiger charge is -2.01. The molecule has 2 nitrogen and oxygen atoms in total. The van der Waals surface area contributed by atoms with Crippen LogP contribution in [0.1, 0.15) is 11.1 Å². The van der Waals surface area contributed by atoms with Crippen molar-refractivity contribution in [2.45, 2.75) is 6.61 Å². The molecule has 0 aliphatic carbocycles. The van der Waals surface area contributed by atoms with Gasteiger partial charge in [-0.1, -0.05) is 17.3 Å². The van der Waals surface area contributed by atoms with Crippen LogP contribution in [0.15, 0.2) is 47.6 Å². The van der Waals surface area contributed by atoms with Crippen LogP contribution in [0.2, 0.25) is 0 Å². The van der Waals surface area contributed by atoms with Crippen LogP contribution in [-0.4, -0.2) is 6.21 Å². The van der Waals surface area contributed by atoms with E-state index in [4.69, 9.17) is 4.84 Å². The molecule has 0 bridgehead atoms. The lowest BCUT2D eigenvalue weighted by Crippen LogP contribution is -1.93. The van der Waals surface area contributed by atoms with Crippen LogP contribution in [0.5, 0.6) is 0 Å². The van der Waals surface area contributed by atoms with Gasteiger partial charge in [-0.25, -0.2) is 13.2 Å².